The van der Waals surface area contributed by atoms with Gasteiger partial charge in [-0.2, -0.15) is 0 Å². The maximum absolute atomic E-state index is 6.06. The van der Waals surface area contributed by atoms with Crippen LogP contribution in [0, 0.1) is 5.92 Å². The predicted molar refractivity (Wildman–Crippen MR) is 61.4 cm³/mol. The van der Waals surface area contributed by atoms with Gasteiger partial charge >= 0.3 is 0 Å². The highest BCUT2D eigenvalue weighted by Gasteiger charge is 2.26. The van der Waals surface area contributed by atoms with E-state index in [9.17, 15) is 0 Å². The third-order valence-electron chi connectivity index (χ3n) is 3.23. The molecule has 0 aliphatic heterocycles. The van der Waals surface area contributed by atoms with Crippen molar-refractivity contribution in [2.24, 2.45) is 11.8 Å². The van der Waals surface area contributed by atoms with Crippen LogP contribution in [0.2, 0.25) is 5.02 Å². The van der Waals surface area contributed by atoms with E-state index in [1.165, 1.54) is 19.3 Å². The largest absolute Gasteiger partial charge is 0.271 e. The van der Waals surface area contributed by atoms with Gasteiger partial charge in [0.2, 0.25) is 0 Å². The number of pyridine rings is 1. The highest BCUT2D eigenvalue weighted by Crippen LogP contribution is 2.31. The van der Waals surface area contributed by atoms with Crippen molar-refractivity contribution in [2.45, 2.75) is 31.7 Å². The number of hydrogen-bond acceptors (Lipinski definition) is 3. The number of halogens is 1. The zero-order valence-corrected chi connectivity index (χ0v) is 9.37. The third kappa shape index (κ3) is 2.48. The molecule has 0 radical (unpaired) electrons. The molecule has 0 saturated heterocycles. The number of nitrogens with zero attached hydrogens (tertiary/aromatic N) is 1. The van der Waals surface area contributed by atoms with Crippen molar-refractivity contribution in [3.63, 3.8) is 0 Å². The lowest BCUT2D eigenvalue weighted by molar-refractivity contribution is 0.228. The smallest absolute Gasteiger partial charge is 0.0621 e. The Labute approximate surface area is 95.0 Å². The molecular weight excluding hydrogens is 210 g/mol. The summed E-state index contributed by atoms with van der Waals surface area (Å²) in [5.41, 5.74) is 4.03. The van der Waals surface area contributed by atoms with Gasteiger partial charge in [-0.15, -0.1) is 0 Å². The van der Waals surface area contributed by atoms with Crippen LogP contribution < -0.4 is 11.3 Å². The molecular formula is C11H16ClN3. The quantitative estimate of drug-likeness (QED) is 0.608. The van der Waals surface area contributed by atoms with Crippen LogP contribution >= 0.6 is 11.6 Å². The summed E-state index contributed by atoms with van der Waals surface area (Å²) in [5.74, 6) is 6.28. The molecule has 15 heavy (non-hydrogen) atoms. The van der Waals surface area contributed by atoms with Crippen LogP contribution in [0.15, 0.2) is 18.5 Å². The number of rotatable bonds is 4. The lowest BCUT2D eigenvalue weighted by Crippen LogP contribution is -2.44. The van der Waals surface area contributed by atoms with E-state index in [4.69, 9.17) is 17.4 Å². The molecule has 0 aromatic carbocycles. The molecule has 2 rings (SSSR count). The molecule has 1 aromatic heterocycles. The fourth-order valence-corrected chi connectivity index (χ4v) is 2.21. The average Bonchev–Trinajstić information content (AvgIpc) is 2.17. The minimum atomic E-state index is 0.346. The van der Waals surface area contributed by atoms with Crippen LogP contribution in [0.1, 0.15) is 24.8 Å². The Morgan fingerprint density at radius 3 is 2.93 bits per heavy atom. The summed E-state index contributed by atoms with van der Waals surface area (Å²) >= 11 is 6.06. The summed E-state index contributed by atoms with van der Waals surface area (Å²) < 4.78 is 0. The van der Waals surface area contributed by atoms with Crippen LogP contribution in [0.4, 0.5) is 0 Å². The number of aromatic nitrogens is 1. The van der Waals surface area contributed by atoms with Crippen LogP contribution in [0.25, 0.3) is 0 Å². The van der Waals surface area contributed by atoms with E-state index >= 15 is 0 Å². The minimum absolute atomic E-state index is 0.346. The Bertz CT molecular complexity index is 325. The molecule has 0 bridgehead atoms. The van der Waals surface area contributed by atoms with Gasteiger partial charge in [0.25, 0.3) is 0 Å². The summed E-state index contributed by atoms with van der Waals surface area (Å²) in [4.78, 5) is 3.97. The fourth-order valence-electron chi connectivity index (χ4n) is 2.01. The summed E-state index contributed by atoms with van der Waals surface area (Å²) in [5, 5.41) is 0.733. The Balaban J connectivity index is 2.02. The Morgan fingerprint density at radius 2 is 2.40 bits per heavy atom. The summed E-state index contributed by atoms with van der Waals surface area (Å²) in [6.45, 7) is 0. The molecule has 1 aliphatic rings. The maximum Gasteiger partial charge on any atom is 0.0621 e. The first kappa shape index (κ1) is 10.9. The van der Waals surface area contributed by atoms with Crippen molar-refractivity contribution in [1.82, 2.24) is 10.4 Å². The van der Waals surface area contributed by atoms with E-state index < -0.39 is 0 Å². The zero-order chi connectivity index (χ0) is 10.7. The van der Waals surface area contributed by atoms with Crippen molar-refractivity contribution < 1.29 is 0 Å². The topological polar surface area (TPSA) is 50.9 Å². The van der Waals surface area contributed by atoms with Crippen LogP contribution in [-0.2, 0) is 6.42 Å². The van der Waals surface area contributed by atoms with Crippen molar-refractivity contribution in [2.75, 3.05) is 0 Å². The van der Waals surface area contributed by atoms with Crippen molar-refractivity contribution in [1.29, 1.82) is 0 Å². The van der Waals surface area contributed by atoms with Gasteiger partial charge in [0.15, 0.2) is 0 Å². The van der Waals surface area contributed by atoms with Gasteiger partial charge < -0.3 is 0 Å². The average molecular weight is 226 g/mol. The van der Waals surface area contributed by atoms with E-state index in [-0.39, 0.29) is 0 Å². The molecule has 1 aromatic rings. The Hall–Kier alpha value is -0.640. The third-order valence-corrected chi connectivity index (χ3v) is 3.57. The van der Waals surface area contributed by atoms with Gasteiger partial charge in [-0.25, -0.2) is 0 Å². The second-order valence-electron chi connectivity index (χ2n) is 4.14. The fraction of sp³-hybridized carbons (Fsp3) is 0.545. The molecule has 3 nitrogen and oxygen atoms in total. The molecule has 1 unspecified atom stereocenters. The van der Waals surface area contributed by atoms with Crippen molar-refractivity contribution >= 4 is 11.6 Å². The molecule has 1 atom stereocenters. The molecule has 1 heterocycles. The van der Waals surface area contributed by atoms with E-state index in [0.717, 1.165) is 17.0 Å². The molecule has 1 aliphatic carbocycles. The number of hydrazine groups is 1. The van der Waals surface area contributed by atoms with Gasteiger partial charge in [-0.3, -0.25) is 16.3 Å². The van der Waals surface area contributed by atoms with Crippen molar-refractivity contribution in [3.05, 3.63) is 29.0 Å². The van der Waals surface area contributed by atoms with E-state index in [1.807, 2.05) is 6.07 Å². The zero-order valence-electron chi connectivity index (χ0n) is 8.62. The SMILES string of the molecule is NNC(Cc1ccncc1Cl)C1CCC1. The van der Waals surface area contributed by atoms with E-state index in [0.29, 0.717) is 12.0 Å². The van der Waals surface area contributed by atoms with Crippen LogP contribution in [-0.4, -0.2) is 11.0 Å². The highest BCUT2D eigenvalue weighted by atomic mass is 35.5. The van der Waals surface area contributed by atoms with Gasteiger partial charge in [-0.1, -0.05) is 18.0 Å². The summed E-state index contributed by atoms with van der Waals surface area (Å²) in [6.07, 6.45) is 8.23. The first-order valence-electron chi connectivity index (χ1n) is 5.36. The lowest BCUT2D eigenvalue weighted by Gasteiger charge is -2.33. The van der Waals surface area contributed by atoms with Gasteiger partial charge in [0.1, 0.15) is 0 Å². The summed E-state index contributed by atoms with van der Waals surface area (Å²) in [6, 6.07) is 2.31. The van der Waals surface area contributed by atoms with Gasteiger partial charge in [-0.05, 0) is 36.8 Å². The molecule has 82 valence electrons. The first-order valence-corrected chi connectivity index (χ1v) is 5.73. The van der Waals surface area contributed by atoms with Gasteiger partial charge in [0, 0.05) is 18.4 Å². The molecule has 4 heteroatoms. The first-order chi connectivity index (χ1) is 7.31. The van der Waals surface area contributed by atoms with Gasteiger partial charge in [0.05, 0.1) is 5.02 Å². The molecule has 1 saturated carbocycles. The monoisotopic (exact) mass is 225 g/mol. The number of nitrogens with one attached hydrogen (secondary N) is 1. The lowest BCUT2D eigenvalue weighted by atomic mass is 9.78. The standard InChI is InChI=1S/C11H16ClN3/c12-10-7-14-5-4-9(10)6-11(15-13)8-2-1-3-8/h4-5,7-8,11,15H,1-3,6,13H2. The predicted octanol–water partition coefficient (Wildman–Crippen LogP) is 1.91. The second kappa shape index (κ2) is 4.92. The molecule has 3 N–H and O–H groups in total. The number of hydrogen-bond donors (Lipinski definition) is 2. The normalized spacial score (nSPS) is 18.5. The van der Waals surface area contributed by atoms with Crippen molar-refractivity contribution in [3.8, 4) is 0 Å². The van der Waals surface area contributed by atoms with E-state index in [1.54, 1.807) is 12.4 Å². The molecule has 1 fully saturated rings. The minimum Gasteiger partial charge on any atom is -0.271 e. The Morgan fingerprint density at radius 1 is 1.60 bits per heavy atom. The Kier molecular flexibility index (Phi) is 3.57. The second-order valence-corrected chi connectivity index (χ2v) is 4.54. The van der Waals surface area contributed by atoms with Crippen LogP contribution in [0.3, 0.4) is 0 Å². The molecule has 0 amide bonds. The number of nitrogens with two attached hydrogens (primary N) is 1. The van der Waals surface area contributed by atoms with Crippen LogP contribution in [0.5, 0.6) is 0 Å². The highest BCUT2D eigenvalue weighted by molar-refractivity contribution is 6.31. The summed E-state index contributed by atoms with van der Waals surface area (Å²) in [7, 11) is 0. The van der Waals surface area contributed by atoms with E-state index in [2.05, 4.69) is 10.4 Å². The maximum atomic E-state index is 6.06. The molecule has 0 spiro atoms.